The Bertz CT molecular complexity index is 1130. The van der Waals surface area contributed by atoms with E-state index in [0.29, 0.717) is 23.5 Å². The Kier molecular flexibility index (Phi) is 4.50. The molecule has 0 unspecified atom stereocenters. The smallest absolute Gasteiger partial charge is 0.262 e. The second-order valence-electron chi connectivity index (χ2n) is 6.16. The summed E-state index contributed by atoms with van der Waals surface area (Å²) in [5.74, 6) is 1.99. The molecule has 26 heavy (non-hydrogen) atoms. The van der Waals surface area contributed by atoms with Crippen molar-refractivity contribution in [2.24, 2.45) is 0 Å². The Morgan fingerprint density at radius 1 is 1.23 bits per heavy atom. The zero-order valence-corrected chi connectivity index (χ0v) is 15.5. The molecule has 4 aromatic rings. The number of hydrogen-bond donors (Lipinski definition) is 0. The van der Waals surface area contributed by atoms with Gasteiger partial charge in [0, 0.05) is 18.4 Å². The van der Waals surface area contributed by atoms with E-state index < -0.39 is 0 Å². The molecule has 0 saturated carbocycles. The van der Waals surface area contributed by atoms with Crippen LogP contribution < -0.4 is 5.56 Å². The molecule has 0 fully saturated rings. The van der Waals surface area contributed by atoms with Crippen molar-refractivity contribution < 1.29 is 4.52 Å². The molecule has 0 N–H and O–H groups in total. The lowest BCUT2D eigenvalue weighted by Gasteiger charge is -2.10. The molecule has 0 atom stereocenters. The molecule has 0 aliphatic carbocycles. The maximum atomic E-state index is 12.9. The number of fused-ring (bicyclic) bond motifs is 3. The zero-order chi connectivity index (χ0) is 18.1. The van der Waals surface area contributed by atoms with Gasteiger partial charge in [0.1, 0.15) is 5.76 Å². The van der Waals surface area contributed by atoms with Crippen molar-refractivity contribution in [1.82, 2.24) is 24.3 Å². The third kappa shape index (κ3) is 2.90. The first kappa shape index (κ1) is 16.8. The molecule has 134 valence electrons. The van der Waals surface area contributed by atoms with Gasteiger partial charge in [0.05, 0.1) is 16.6 Å². The molecule has 0 aliphatic heterocycles. The van der Waals surface area contributed by atoms with Crippen molar-refractivity contribution in [1.29, 1.82) is 0 Å². The summed E-state index contributed by atoms with van der Waals surface area (Å²) in [5.41, 5.74) is 1.66. The van der Waals surface area contributed by atoms with E-state index in [1.54, 1.807) is 4.57 Å². The molecule has 3 heterocycles. The van der Waals surface area contributed by atoms with Crippen LogP contribution in [0.5, 0.6) is 0 Å². The molecular formula is C18H19N5O2S. The highest BCUT2D eigenvalue weighted by molar-refractivity contribution is 7.98. The zero-order valence-electron chi connectivity index (χ0n) is 14.7. The molecule has 0 amide bonds. The van der Waals surface area contributed by atoms with Gasteiger partial charge in [-0.15, -0.1) is 10.2 Å². The molecule has 7 nitrogen and oxygen atoms in total. The molecule has 3 aromatic heterocycles. The minimum Gasteiger partial charge on any atom is -0.361 e. The maximum absolute atomic E-state index is 12.9. The van der Waals surface area contributed by atoms with Crippen LogP contribution in [0.25, 0.3) is 16.7 Å². The van der Waals surface area contributed by atoms with Crippen LogP contribution in [0.1, 0.15) is 31.2 Å². The Hall–Kier alpha value is -2.61. The second kappa shape index (κ2) is 6.95. The molecule has 8 heteroatoms. The summed E-state index contributed by atoms with van der Waals surface area (Å²) < 4.78 is 8.81. The number of aromatic nitrogens is 5. The first-order valence-electron chi connectivity index (χ1n) is 8.60. The summed E-state index contributed by atoms with van der Waals surface area (Å²) in [7, 11) is 0. The minimum atomic E-state index is -0.0161. The van der Waals surface area contributed by atoms with Crippen LogP contribution in [0.4, 0.5) is 0 Å². The Balaban J connectivity index is 1.84. The molecule has 0 spiro atoms. The first-order valence-corrected chi connectivity index (χ1v) is 9.59. The third-order valence-corrected chi connectivity index (χ3v) is 5.20. The van der Waals surface area contributed by atoms with Gasteiger partial charge < -0.3 is 4.52 Å². The normalized spacial score (nSPS) is 11.6. The fourth-order valence-electron chi connectivity index (χ4n) is 2.97. The van der Waals surface area contributed by atoms with Gasteiger partial charge in [0.15, 0.2) is 5.16 Å². The fourth-order valence-corrected chi connectivity index (χ4v) is 3.79. The van der Waals surface area contributed by atoms with Crippen LogP contribution >= 0.6 is 11.8 Å². The molecule has 0 radical (unpaired) electrons. The quantitative estimate of drug-likeness (QED) is 0.485. The Labute approximate surface area is 154 Å². The maximum Gasteiger partial charge on any atom is 0.262 e. The molecule has 0 aliphatic rings. The molecule has 1 aromatic carbocycles. The second-order valence-corrected chi connectivity index (χ2v) is 7.11. The van der Waals surface area contributed by atoms with Gasteiger partial charge in [-0.25, -0.2) is 0 Å². The van der Waals surface area contributed by atoms with E-state index in [4.69, 9.17) is 4.52 Å². The van der Waals surface area contributed by atoms with Gasteiger partial charge in [-0.2, -0.15) is 0 Å². The highest BCUT2D eigenvalue weighted by atomic mass is 32.2. The van der Waals surface area contributed by atoms with Crippen molar-refractivity contribution in [3.05, 3.63) is 52.1 Å². The summed E-state index contributed by atoms with van der Waals surface area (Å²) in [6.07, 6.45) is 1.92. The average Bonchev–Trinajstić information content (AvgIpc) is 3.26. The predicted molar refractivity (Wildman–Crippen MR) is 100 cm³/mol. The highest BCUT2D eigenvalue weighted by Gasteiger charge is 2.16. The SMILES string of the molecule is CCCCn1c(=O)c2ccccc2n2c(SCc3cc(C)on3)nnc12. The first-order chi connectivity index (χ1) is 12.7. The fraction of sp³-hybridized carbons (Fsp3) is 0.333. The van der Waals surface area contributed by atoms with Crippen LogP contribution in [-0.4, -0.2) is 24.3 Å². The van der Waals surface area contributed by atoms with Crippen LogP contribution in [0.2, 0.25) is 0 Å². The number of nitrogens with zero attached hydrogens (tertiary/aromatic N) is 5. The molecular weight excluding hydrogens is 350 g/mol. The average molecular weight is 369 g/mol. The summed E-state index contributed by atoms with van der Waals surface area (Å²) in [4.78, 5) is 12.9. The van der Waals surface area contributed by atoms with Gasteiger partial charge in [-0.1, -0.05) is 42.4 Å². The predicted octanol–water partition coefficient (Wildman–Crippen LogP) is 3.43. The Morgan fingerprint density at radius 3 is 2.85 bits per heavy atom. The third-order valence-electron chi connectivity index (χ3n) is 4.24. The summed E-state index contributed by atoms with van der Waals surface area (Å²) in [6, 6.07) is 9.50. The lowest BCUT2D eigenvalue weighted by Crippen LogP contribution is -2.23. The molecule has 4 rings (SSSR count). The standard InChI is InChI=1S/C18H19N5O2S/c1-3-4-9-22-16(24)14-7-5-6-8-15(14)23-17(22)19-20-18(23)26-11-13-10-12(2)25-21-13/h5-8,10H,3-4,9,11H2,1-2H3. The van der Waals surface area contributed by atoms with Crippen molar-refractivity contribution >= 4 is 28.4 Å². The Morgan fingerprint density at radius 2 is 2.08 bits per heavy atom. The van der Waals surface area contributed by atoms with Gasteiger partial charge in [0.2, 0.25) is 5.78 Å². The van der Waals surface area contributed by atoms with E-state index in [0.717, 1.165) is 35.0 Å². The van der Waals surface area contributed by atoms with E-state index in [2.05, 4.69) is 22.3 Å². The van der Waals surface area contributed by atoms with Crippen molar-refractivity contribution in [2.45, 2.75) is 44.1 Å². The van der Waals surface area contributed by atoms with Gasteiger partial charge in [0.25, 0.3) is 5.56 Å². The van der Waals surface area contributed by atoms with E-state index in [1.165, 1.54) is 11.8 Å². The van der Waals surface area contributed by atoms with Gasteiger partial charge >= 0.3 is 0 Å². The number of hydrogen-bond acceptors (Lipinski definition) is 6. The van der Waals surface area contributed by atoms with E-state index >= 15 is 0 Å². The lowest BCUT2D eigenvalue weighted by atomic mass is 10.2. The summed E-state index contributed by atoms with van der Waals surface area (Å²) in [6.45, 7) is 4.61. The van der Waals surface area contributed by atoms with Crippen LogP contribution in [0.3, 0.4) is 0 Å². The van der Waals surface area contributed by atoms with Crippen LogP contribution in [0, 0.1) is 6.92 Å². The summed E-state index contributed by atoms with van der Waals surface area (Å²) in [5, 5.41) is 14.1. The largest absolute Gasteiger partial charge is 0.361 e. The number of thioether (sulfide) groups is 1. The number of unbranched alkanes of at least 4 members (excludes halogenated alkanes) is 1. The number of benzene rings is 1. The van der Waals surface area contributed by atoms with E-state index in [9.17, 15) is 4.79 Å². The minimum absolute atomic E-state index is 0.0161. The van der Waals surface area contributed by atoms with E-state index in [1.807, 2.05) is 41.7 Å². The van der Waals surface area contributed by atoms with Gasteiger partial charge in [-0.3, -0.25) is 13.8 Å². The van der Waals surface area contributed by atoms with Crippen molar-refractivity contribution in [2.75, 3.05) is 0 Å². The monoisotopic (exact) mass is 369 g/mol. The van der Waals surface area contributed by atoms with Gasteiger partial charge in [-0.05, 0) is 25.5 Å². The van der Waals surface area contributed by atoms with Crippen LogP contribution in [0.15, 0.2) is 44.8 Å². The number of rotatable bonds is 6. The highest BCUT2D eigenvalue weighted by Crippen LogP contribution is 2.24. The molecule has 0 saturated heterocycles. The van der Waals surface area contributed by atoms with Crippen LogP contribution in [-0.2, 0) is 12.3 Å². The van der Waals surface area contributed by atoms with Crippen molar-refractivity contribution in [3.63, 3.8) is 0 Å². The van der Waals surface area contributed by atoms with Crippen molar-refractivity contribution in [3.8, 4) is 0 Å². The lowest BCUT2D eigenvalue weighted by molar-refractivity contribution is 0.393. The van der Waals surface area contributed by atoms with E-state index in [-0.39, 0.29) is 5.56 Å². The number of para-hydroxylation sites is 1. The topological polar surface area (TPSA) is 78.2 Å². The molecule has 0 bridgehead atoms. The number of aryl methyl sites for hydroxylation is 2. The summed E-state index contributed by atoms with van der Waals surface area (Å²) >= 11 is 1.53.